The SMILES string of the molecule is CCc1ccccc1C(/C=N\C(N)=C\c1nnc(-c2cc#ccc2)o1)=N/C. The van der Waals surface area contributed by atoms with Gasteiger partial charge < -0.3 is 10.2 Å². The van der Waals surface area contributed by atoms with Crippen LogP contribution in [0.1, 0.15) is 23.9 Å². The minimum atomic E-state index is 0.244. The van der Waals surface area contributed by atoms with Gasteiger partial charge in [-0.25, -0.2) is 4.99 Å². The molecule has 3 rings (SSSR count). The zero-order valence-electron chi connectivity index (χ0n) is 15.2. The minimum absolute atomic E-state index is 0.244. The van der Waals surface area contributed by atoms with E-state index in [1.807, 2.05) is 24.3 Å². The molecule has 2 N–H and O–H groups in total. The van der Waals surface area contributed by atoms with Crippen LogP contribution in [-0.2, 0) is 6.42 Å². The fraction of sp³-hybridized carbons (Fsp3) is 0.143. The summed E-state index contributed by atoms with van der Waals surface area (Å²) in [6.07, 6.45) is 4.07. The van der Waals surface area contributed by atoms with Gasteiger partial charge in [0.2, 0.25) is 11.8 Å². The van der Waals surface area contributed by atoms with Gasteiger partial charge in [-0.1, -0.05) is 43.3 Å². The van der Waals surface area contributed by atoms with Crippen molar-refractivity contribution < 1.29 is 4.42 Å². The second-order valence-electron chi connectivity index (χ2n) is 5.61. The lowest BCUT2D eigenvalue weighted by Gasteiger charge is -2.06. The van der Waals surface area contributed by atoms with E-state index in [9.17, 15) is 0 Å². The highest BCUT2D eigenvalue weighted by molar-refractivity contribution is 6.38. The largest absolute Gasteiger partial charge is 0.417 e. The number of aromatic nitrogens is 2. The van der Waals surface area contributed by atoms with Crippen molar-refractivity contribution in [1.29, 1.82) is 0 Å². The second kappa shape index (κ2) is 8.59. The first-order chi connectivity index (χ1) is 13.2. The van der Waals surface area contributed by atoms with Gasteiger partial charge in [0.1, 0.15) is 5.82 Å². The van der Waals surface area contributed by atoms with Crippen molar-refractivity contribution in [3.05, 3.63) is 77.4 Å². The molecule has 0 bridgehead atoms. The average Bonchev–Trinajstić information content (AvgIpc) is 3.18. The van der Waals surface area contributed by atoms with E-state index in [1.54, 1.807) is 25.4 Å². The van der Waals surface area contributed by atoms with E-state index >= 15 is 0 Å². The van der Waals surface area contributed by atoms with Crippen molar-refractivity contribution >= 4 is 18.0 Å². The highest BCUT2D eigenvalue weighted by Crippen LogP contribution is 2.17. The summed E-state index contributed by atoms with van der Waals surface area (Å²) in [7, 11) is 1.73. The van der Waals surface area contributed by atoms with Crippen molar-refractivity contribution in [2.75, 3.05) is 7.05 Å². The summed E-state index contributed by atoms with van der Waals surface area (Å²) < 4.78 is 5.58. The molecule has 3 aromatic rings. The Morgan fingerprint density at radius 3 is 2.81 bits per heavy atom. The predicted octanol–water partition coefficient (Wildman–Crippen LogP) is 3.35. The van der Waals surface area contributed by atoms with Gasteiger partial charge in [0, 0.05) is 30.3 Å². The Morgan fingerprint density at radius 1 is 1.22 bits per heavy atom. The normalized spacial score (nSPS) is 12.4. The van der Waals surface area contributed by atoms with Crippen molar-refractivity contribution in [3.8, 4) is 11.5 Å². The topological polar surface area (TPSA) is 89.7 Å². The van der Waals surface area contributed by atoms with E-state index in [4.69, 9.17) is 10.2 Å². The van der Waals surface area contributed by atoms with E-state index in [0.717, 1.165) is 23.3 Å². The van der Waals surface area contributed by atoms with Crippen molar-refractivity contribution in [1.82, 2.24) is 10.2 Å². The lowest BCUT2D eigenvalue weighted by atomic mass is 10.0. The van der Waals surface area contributed by atoms with Gasteiger partial charge in [0.25, 0.3) is 0 Å². The molecule has 0 amide bonds. The molecular formula is C21H19N5O. The molecule has 0 saturated carbocycles. The molecule has 0 aliphatic heterocycles. The molecule has 0 spiro atoms. The van der Waals surface area contributed by atoms with E-state index in [2.05, 4.69) is 45.3 Å². The van der Waals surface area contributed by atoms with Crippen LogP contribution in [0.3, 0.4) is 0 Å². The molecule has 2 aromatic carbocycles. The number of nitrogens with two attached hydrogens (primary N) is 1. The maximum atomic E-state index is 5.97. The molecule has 0 aliphatic carbocycles. The van der Waals surface area contributed by atoms with Crippen LogP contribution in [-0.4, -0.2) is 29.2 Å². The number of rotatable bonds is 6. The fourth-order valence-corrected chi connectivity index (χ4v) is 2.52. The summed E-state index contributed by atoms with van der Waals surface area (Å²) in [5.74, 6) is 0.903. The van der Waals surface area contributed by atoms with E-state index in [1.165, 1.54) is 11.6 Å². The maximum Gasteiger partial charge on any atom is 0.248 e. The highest BCUT2D eigenvalue weighted by Gasteiger charge is 2.07. The smallest absolute Gasteiger partial charge is 0.248 e. The molecule has 0 unspecified atom stereocenters. The molecule has 134 valence electrons. The minimum Gasteiger partial charge on any atom is -0.417 e. The van der Waals surface area contributed by atoms with Crippen molar-refractivity contribution in [2.45, 2.75) is 13.3 Å². The van der Waals surface area contributed by atoms with Gasteiger partial charge in [0.15, 0.2) is 0 Å². The third-order valence-electron chi connectivity index (χ3n) is 3.87. The third-order valence-corrected chi connectivity index (χ3v) is 3.87. The van der Waals surface area contributed by atoms with Crippen molar-refractivity contribution in [2.24, 2.45) is 15.7 Å². The number of aryl methyl sites for hydroxylation is 1. The molecule has 0 fully saturated rings. The molecule has 0 saturated heterocycles. The van der Waals surface area contributed by atoms with Gasteiger partial charge in [0.05, 0.1) is 11.9 Å². The lowest BCUT2D eigenvalue weighted by molar-refractivity contribution is 0.557. The van der Waals surface area contributed by atoms with Crippen LogP contribution in [0.2, 0.25) is 0 Å². The first-order valence-corrected chi connectivity index (χ1v) is 8.49. The van der Waals surface area contributed by atoms with Gasteiger partial charge in [-0.3, -0.25) is 4.99 Å². The molecule has 0 radical (unpaired) electrons. The standard InChI is InChI=1S/C21H19N5O/c1-3-15-9-7-8-12-17(15)18(23-2)14-24-19(22)13-20-25-26-21(27-20)16-10-5-4-6-11-16/h5,7-14H,3,22H2,1-2H3/b19-13+,23-18+,24-14-. The molecule has 6 heteroatoms. The van der Waals surface area contributed by atoms with Gasteiger partial charge >= 0.3 is 0 Å². The molecule has 0 aliphatic rings. The Hall–Kier alpha value is -3.72. The monoisotopic (exact) mass is 357 g/mol. The van der Waals surface area contributed by atoms with E-state index in [-0.39, 0.29) is 11.7 Å². The zero-order valence-corrected chi connectivity index (χ0v) is 15.2. The molecule has 27 heavy (non-hydrogen) atoms. The number of benzene rings is 1. The Bertz CT molecular complexity index is 987. The van der Waals surface area contributed by atoms with Crippen LogP contribution in [0.25, 0.3) is 17.5 Å². The quantitative estimate of drug-likeness (QED) is 0.685. The first kappa shape index (κ1) is 18.1. The number of aliphatic imine (C=N–C) groups is 2. The fourth-order valence-electron chi connectivity index (χ4n) is 2.52. The Labute approximate surface area is 158 Å². The lowest BCUT2D eigenvalue weighted by Crippen LogP contribution is -2.07. The first-order valence-electron chi connectivity index (χ1n) is 8.49. The summed E-state index contributed by atoms with van der Waals surface area (Å²) in [5.41, 5.74) is 9.73. The van der Waals surface area contributed by atoms with Crippen molar-refractivity contribution in [3.63, 3.8) is 0 Å². The van der Waals surface area contributed by atoms with Crippen LogP contribution in [0.5, 0.6) is 0 Å². The summed E-state index contributed by atoms with van der Waals surface area (Å²) in [4.78, 5) is 8.58. The Kier molecular flexibility index (Phi) is 5.75. The molecule has 1 aromatic heterocycles. The third kappa shape index (κ3) is 4.47. The van der Waals surface area contributed by atoms with Crippen LogP contribution >= 0.6 is 0 Å². The Morgan fingerprint density at radius 2 is 2.07 bits per heavy atom. The van der Waals surface area contributed by atoms with Crippen LogP contribution in [0.4, 0.5) is 0 Å². The van der Waals surface area contributed by atoms with Crippen LogP contribution in [0.15, 0.2) is 62.7 Å². The van der Waals surface area contributed by atoms with Gasteiger partial charge in [-0.05, 0) is 24.1 Å². The summed E-state index contributed by atoms with van der Waals surface area (Å²) in [6.45, 7) is 2.10. The number of nitrogens with zero attached hydrogens (tertiary/aromatic N) is 4. The molecule has 1 heterocycles. The van der Waals surface area contributed by atoms with Gasteiger partial charge in [-0.15, -0.1) is 10.2 Å². The van der Waals surface area contributed by atoms with Gasteiger partial charge in [-0.2, -0.15) is 0 Å². The number of hydrogen-bond donors (Lipinski definition) is 1. The summed E-state index contributed by atoms with van der Waals surface area (Å²) in [6, 6.07) is 19.0. The summed E-state index contributed by atoms with van der Waals surface area (Å²) in [5, 5.41) is 7.96. The van der Waals surface area contributed by atoms with E-state index in [0.29, 0.717) is 5.89 Å². The molecular weight excluding hydrogens is 338 g/mol. The summed E-state index contributed by atoms with van der Waals surface area (Å²) >= 11 is 0. The van der Waals surface area contributed by atoms with E-state index < -0.39 is 0 Å². The zero-order chi connectivity index (χ0) is 19.1. The highest BCUT2D eigenvalue weighted by atomic mass is 16.4. The maximum absolute atomic E-state index is 5.97. The second-order valence-corrected chi connectivity index (χ2v) is 5.61. The van der Waals surface area contributed by atoms with Crippen LogP contribution in [0, 0.1) is 12.1 Å². The Balaban J connectivity index is 1.78. The van der Waals surface area contributed by atoms with Crippen LogP contribution < -0.4 is 5.73 Å². The average molecular weight is 357 g/mol. The predicted molar refractivity (Wildman–Crippen MR) is 106 cm³/mol. The molecule has 6 nitrogen and oxygen atoms in total. The molecule has 0 atom stereocenters. The number of hydrogen-bond acceptors (Lipinski definition) is 6.